The molecule has 23 heavy (non-hydrogen) atoms. The molecule has 1 aliphatic rings. The Bertz CT molecular complexity index is 792. The highest BCUT2D eigenvalue weighted by Crippen LogP contribution is 2.28. The summed E-state index contributed by atoms with van der Waals surface area (Å²) in [5, 5.41) is 3.27. The average Bonchev–Trinajstić information content (AvgIpc) is 3.03. The van der Waals surface area contributed by atoms with Gasteiger partial charge in [-0.05, 0) is 19.4 Å². The normalized spacial score (nSPS) is 14.4. The molecule has 3 rings (SSSR count). The van der Waals surface area contributed by atoms with Gasteiger partial charge >= 0.3 is 12.0 Å². The topological polar surface area (TPSA) is 88.9 Å². The van der Waals surface area contributed by atoms with Crippen molar-refractivity contribution < 1.29 is 23.5 Å². The molecule has 0 saturated carbocycles. The maximum absolute atomic E-state index is 12.2. The van der Waals surface area contributed by atoms with Gasteiger partial charge in [0.05, 0.1) is 13.1 Å². The molecule has 1 N–H and O–H groups in total. The number of fused-ring (bicyclic) bond motifs is 1. The predicted octanol–water partition coefficient (Wildman–Crippen LogP) is 1.76. The van der Waals surface area contributed by atoms with Crippen molar-refractivity contribution in [3.8, 4) is 0 Å². The molecule has 2 aromatic rings. The zero-order valence-corrected chi connectivity index (χ0v) is 12.8. The Kier molecular flexibility index (Phi) is 3.77. The summed E-state index contributed by atoms with van der Waals surface area (Å²) in [5.74, 6) is -0.793. The molecule has 1 aromatic carbocycles. The van der Waals surface area contributed by atoms with E-state index in [0.29, 0.717) is 11.1 Å². The zero-order chi connectivity index (χ0) is 16.6. The van der Waals surface area contributed by atoms with E-state index in [9.17, 15) is 14.4 Å². The largest absolute Gasteiger partial charge is 0.458 e. The number of urea groups is 1. The highest BCUT2D eigenvalue weighted by molar-refractivity contribution is 6.02. The molecule has 0 bridgehead atoms. The van der Waals surface area contributed by atoms with Crippen molar-refractivity contribution in [2.24, 2.45) is 0 Å². The number of ether oxygens (including phenoxy) is 1. The third-order valence-corrected chi connectivity index (χ3v) is 3.83. The third-order valence-electron chi connectivity index (χ3n) is 3.83. The Morgan fingerprint density at radius 2 is 2.13 bits per heavy atom. The van der Waals surface area contributed by atoms with Crippen molar-refractivity contribution in [1.82, 2.24) is 10.2 Å². The lowest BCUT2D eigenvalue weighted by Crippen LogP contribution is -2.34. The van der Waals surface area contributed by atoms with Crippen LogP contribution in [0.1, 0.15) is 21.7 Å². The molecule has 0 atom stereocenters. The van der Waals surface area contributed by atoms with Crippen LogP contribution in [0, 0.1) is 13.8 Å². The molecule has 0 radical (unpaired) electrons. The minimum absolute atomic E-state index is 0.0191. The van der Waals surface area contributed by atoms with E-state index in [0.717, 1.165) is 15.8 Å². The van der Waals surface area contributed by atoms with E-state index in [1.807, 2.05) is 25.1 Å². The van der Waals surface area contributed by atoms with Crippen molar-refractivity contribution in [2.75, 3.05) is 19.7 Å². The van der Waals surface area contributed by atoms with Gasteiger partial charge in [0.25, 0.3) is 0 Å². The van der Waals surface area contributed by atoms with Gasteiger partial charge < -0.3 is 14.5 Å². The molecule has 120 valence electrons. The number of imide groups is 1. The minimum atomic E-state index is -0.606. The number of amides is 3. The van der Waals surface area contributed by atoms with Gasteiger partial charge in [-0.3, -0.25) is 9.69 Å². The van der Waals surface area contributed by atoms with E-state index in [1.54, 1.807) is 6.92 Å². The number of benzene rings is 1. The first kappa shape index (κ1) is 15.1. The Labute approximate surface area is 132 Å². The van der Waals surface area contributed by atoms with E-state index in [1.165, 1.54) is 0 Å². The second-order valence-electron chi connectivity index (χ2n) is 5.35. The fourth-order valence-corrected chi connectivity index (χ4v) is 2.56. The Morgan fingerprint density at radius 3 is 2.78 bits per heavy atom. The summed E-state index contributed by atoms with van der Waals surface area (Å²) >= 11 is 0. The molecule has 7 heteroatoms. The third kappa shape index (κ3) is 2.65. The lowest BCUT2D eigenvalue weighted by Gasteiger charge is -2.11. The highest BCUT2D eigenvalue weighted by atomic mass is 16.5. The number of carbonyl (C=O) groups excluding carboxylic acids is 3. The molecule has 1 saturated heterocycles. The van der Waals surface area contributed by atoms with Crippen molar-refractivity contribution >= 4 is 28.9 Å². The lowest BCUT2D eigenvalue weighted by molar-refractivity contribution is -0.125. The van der Waals surface area contributed by atoms with Gasteiger partial charge in [-0.15, -0.1) is 0 Å². The molecule has 1 fully saturated rings. The molecule has 0 spiro atoms. The fraction of sp³-hybridized carbons (Fsp3) is 0.312. The summed E-state index contributed by atoms with van der Waals surface area (Å²) in [6.07, 6.45) is 0. The van der Waals surface area contributed by atoms with Crippen LogP contribution >= 0.6 is 0 Å². The summed E-state index contributed by atoms with van der Waals surface area (Å²) in [4.78, 5) is 36.0. The molecular formula is C16H16N2O5. The summed E-state index contributed by atoms with van der Waals surface area (Å²) < 4.78 is 10.8. The maximum Gasteiger partial charge on any atom is 0.374 e. The van der Waals surface area contributed by atoms with Crippen LogP contribution in [-0.4, -0.2) is 42.5 Å². The number of esters is 1. The van der Waals surface area contributed by atoms with Crippen LogP contribution in [0.4, 0.5) is 4.79 Å². The Morgan fingerprint density at radius 1 is 1.35 bits per heavy atom. The van der Waals surface area contributed by atoms with Crippen LogP contribution in [0.25, 0.3) is 11.0 Å². The van der Waals surface area contributed by atoms with E-state index in [2.05, 4.69) is 5.32 Å². The summed E-state index contributed by atoms with van der Waals surface area (Å²) in [6, 6.07) is 5.21. The summed E-state index contributed by atoms with van der Waals surface area (Å²) in [7, 11) is 0. The van der Waals surface area contributed by atoms with Gasteiger partial charge in [-0.1, -0.05) is 18.2 Å². The van der Waals surface area contributed by atoms with Crippen molar-refractivity contribution in [2.45, 2.75) is 13.8 Å². The van der Waals surface area contributed by atoms with E-state index >= 15 is 0 Å². The zero-order valence-electron chi connectivity index (χ0n) is 12.8. The van der Waals surface area contributed by atoms with Gasteiger partial charge in [0.2, 0.25) is 11.7 Å². The summed E-state index contributed by atoms with van der Waals surface area (Å²) in [5.41, 5.74) is 2.30. The Hall–Kier alpha value is -2.83. The summed E-state index contributed by atoms with van der Waals surface area (Å²) in [6.45, 7) is 3.62. The fourth-order valence-electron chi connectivity index (χ4n) is 2.56. The second-order valence-corrected chi connectivity index (χ2v) is 5.35. The molecular weight excluding hydrogens is 300 g/mol. The first-order valence-corrected chi connectivity index (χ1v) is 7.23. The molecule has 7 nitrogen and oxygen atoms in total. The van der Waals surface area contributed by atoms with Gasteiger partial charge in [0.15, 0.2) is 0 Å². The van der Waals surface area contributed by atoms with Crippen LogP contribution in [0.2, 0.25) is 0 Å². The van der Waals surface area contributed by atoms with Crippen molar-refractivity contribution in [1.29, 1.82) is 0 Å². The standard InChI is InChI=1S/C16H16N2O5/c1-9-4-3-5-11-10(2)14(23-13(9)11)15(20)22-7-6-18-12(19)8-17-16(18)21/h3-5H,6-8H2,1-2H3,(H,17,21). The molecule has 0 aliphatic carbocycles. The van der Waals surface area contributed by atoms with E-state index in [-0.39, 0.29) is 31.4 Å². The number of aryl methyl sites for hydroxylation is 2. The quantitative estimate of drug-likeness (QED) is 0.686. The number of hydrogen-bond donors (Lipinski definition) is 1. The van der Waals surface area contributed by atoms with Gasteiger partial charge in [-0.25, -0.2) is 9.59 Å². The maximum atomic E-state index is 12.2. The van der Waals surface area contributed by atoms with E-state index in [4.69, 9.17) is 9.15 Å². The number of nitrogens with one attached hydrogen (secondary N) is 1. The molecule has 3 amide bonds. The number of nitrogens with zero attached hydrogens (tertiary/aromatic N) is 1. The molecule has 0 unspecified atom stereocenters. The number of hydrogen-bond acceptors (Lipinski definition) is 5. The van der Waals surface area contributed by atoms with Crippen LogP contribution in [0.3, 0.4) is 0 Å². The predicted molar refractivity (Wildman–Crippen MR) is 81.1 cm³/mol. The van der Waals surface area contributed by atoms with Crippen LogP contribution in [0.5, 0.6) is 0 Å². The highest BCUT2D eigenvalue weighted by Gasteiger charge is 2.28. The van der Waals surface area contributed by atoms with Crippen LogP contribution in [-0.2, 0) is 9.53 Å². The SMILES string of the molecule is Cc1c(C(=O)OCCN2C(=O)CNC2=O)oc2c(C)cccc12. The first-order chi connectivity index (χ1) is 11.0. The smallest absolute Gasteiger partial charge is 0.374 e. The van der Waals surface area contributed by atoms with Gasteiger partial charge in [0, 0.05) is 10.9 Å². The van der Waals surface area contributed by atoms with Crippen LogP contribution < -0.4 is 5.32 Å². The van der Waals surface area contributed by atoms with Crippen molar-refractivity contribution in [3.05, 3.63) is 35.1 Å². The van der Waals surface area contributed by atoms with E-state index < -0.39 is 12.0 Å². The Balaban J connectivity index is 1.69. The first-order valence-electron chi connectivity index (χ1n) is 7.23. The van der Waals surface area contributed by atoms with Gasteiger partial charge in [0.1, 0.15) is 12.2 Å². The number of rotatable bonds is 4. The average molecular weight is 316 g/mol. The van der Waals surface area contributed by atoms with Gasteiger partial charge in [-0.2, -0.15) is 0 Å². The number of para-hydroxylation sites is 1. The monoisotopic (exact) mass is 316 g/mol. The number of carbonyl (C=O) groups is 3. The molecule has 1 aromatic heterocycles. The minimum Gasteiger partial charge on any atom is -0.458 e. The second kappa shape index (κ2) is 5.75. The van der Waals surface area contributed by atoms with Crippen LogP contribution in [0.15, 0.2) is 22.6 Å². The number of furan rings is 1. The lowest BCUT2D eigenvalue weighted by atomic mass is 10.1. The van der Waals surface area contributed by atoms with Crippen molar-refractivity contribution in [3.63, 3.8) is 0 Å². The molecule has 2 heterocycles. The molecule has 1 aliphatic heterocycles.